The second-order valence-corrected chi connectivity index (χ2v) is 5.11. The second kappa shape index (κ2) is 7.35. The van der Waals surface area contributed by atoms with Gasteiger partial charge in [-0.05, 0) is 42.5 Å². The fraction of sp³-hybridized carbons (Fsp3) is 0.0526. The maximum atomic E-state index is 12.3. The third-order valence-corrected chi connectivity index (χ3v) is 3.36. The number of pyridine rings is 1. The number of hydrogen-bond donors (Lipinski definition) is 2. The smallest absolute Gasteiger partial charge is 0.278 e. The highest BCUT2D eigenvalue weighted by Gasteiger charge is 2.14. The number of nitrogens with zero attached hydrogens (tertiary/aromatic N) is 1. The van der Waals surface area contributed by atoms with Crippen molar-refractivity contribution >= 4 is 11.6 Å². The molecule has 0 fully saturated rings. The van der Waals surface area contributed by atoms with Crippen molar-refractivity contribution in [3.05, 3.63) is 72.4 Å². The van der Waals surface area contributed by atoms with Crippen LogP contribution in [-0.2, 0) is 0 Å². The second-order valence-electron chi connectivity index (χ2n) is 5.11. The molecule has 0 aliphatic rings. The monoisotopic (exact) mass is 336 g/mol. The fourth-order valence-corrected chi connectivity index (χ4v) is 2.14. The molecule has 0 spiro atoms. The van der Waals surface area contributed by atoms with E-state index in [1.54, 1.807) is 24.3 Å². The summed E-state index contributed by atoms with van der Waals surface area (Å²) in [6.45, 7) is 0. The summed E-state index contributed by atoms with van der Waals surface area (Å²) in [4.78, 5) is 16.2. The molecule has 0 bridgehead atoms. The van der Waals surface area contributed by atoms with Crippen LogP contribution >= 0.6 is 0 Å². The Morgan fingerprint density at radius 1 is 0.960 bits per heavy atom. The van der Waals surface area contributed by atoms with Crippen LogP contribution < -0.4 is 14.8 Å². The van der Waals surface area contributed by atoms with Gasteiger partial charge in [0.2, 0.25) is 5.88 Å². The first kappa shape index (κ1) is 16.3. The van der Waals surface area contributed by atoms with Crippen molar-refractivity contribution in [1.29, 1.82) is 0 Å². The van der Waals surface area contributed by atoms with Gasteiger partial charge in [0.25, 0.3) is 5.91 Å². The maximum absolute atomic E-state index is 12.3. The molecular formula is C19H16N2O4. The van der Waals surface area contributed by atoms with Crippen LogP contribution in [0.3, 0.4) is 0 Å². The fourth-order valence-electron chi connectivity index (χ4n) is 2.14. The zero-order valence-electron chi connectivity index (χ0n) is 13.5. The molecule has 6 nitrogen and oxygen atoms in total. The number of para-hydroxylation sites is 1. The Balaban J connectivity index is 1.70. The molecule has 1 heterocycles. The number of anilines is 1. The SMILES string of the molecule is COc1ccc(O)c(C(=O)Nc2ccc(Oc3ccccc3)cc2)n1. The van der Waals surface area contributed by atoms with E-state index >= 15 is 0 Å². The first-order chi connectivity index (χ1) is 12.2. The molecule has 0 unspecified atom stereocenters. The van der Waals surface area contributed by atoms with E-state index in [-0.39, 0.29) is 17.3 Å². The van der Waals surface area contributed by atoms with Crippen LogP contribution in [-0.4, -0.2) is 23.1 Å². The third kappa shape index (κ3) is 4.06. The Morgan fingerprint density at radius 3 is 2.32 bits per heavy atom. The van der Waals surface area contributed by atoms with E-state index in [1.165, 1.54) is 19.2 Å². The van der Waals surface area contributed by atoms with E-state index < -0.39 is 5.91 Å². The van der Waals surface area contributed by atoms with E-state index in [2.05, 4.69) is 10.3 Å². The predicted octanol–water partition coefficient (Wildman–Crippen LogP) is 3.84. The van der Waals surface area contributed by atoms with Crippen molar-refractivity contribution in [2.75, 3.05) is 12.4 Å². The molecular weight excluding hydrogens is 320 g/mol. The van der Waals surface area contributed by atoms with Crippen molar-refractivity contribution in [1.82, 2.24) is 4.98 Å². The number of benzene rings is 2. The molecule has 0 saturated heterocycles. The molecule has 2 aromatic carbocycles. The Labute approximate surface area is 144 Å². The average molecular weight is 336 g/mol. The van der Waals surface area contributed by atoms with Crippen LogP contribution in [0.4, 0.5) is 5.69 Å². The minimum Gasteiger partial charge on any atom is -0.505 e. The van der Waals surface area contributed by atoms with Gasteiger partial charge in [0, 0.05) is 11.8 Å². The van der Waals surface area contributed by atoms with Crippen molar-refractivity contribution in [2.24, 2.45) is 0 Å². The average Bonchev–Trinajstić information content (AvgIpc) is 2.64. The van der Waals surface area contributed by atoms with E-state index in [1.807, 2.05) is 30.3 Å². The summed E-state index contributed by atoms with van der Waals surface area (Å²) >= 11 is 0. The molecule has 126 valence electrons. The summed E-state index contributed by atoms with van der Waals surface area (Å²) in [5.74, 6) is 0.862. The summed E-state index contributed by atoms with van der Waals surface area (Å²) in [6, 6.07) is 19.1. The van der Waals surface area contributed by atoms with Gasteiger partial charge in [0.05, 0.1) is 7.11 Å². The Kier molecular flexibility index (Phi) is 4.80. The molecule has 6 heteroatoms. The van der Waals surface area contributed by atoms with Gasteiger partial charge in [0.15, 0.2) is 5.69 Å². The van der Waals surface area contributed by atoms with Gasteiger partial charge >= 0.3 is 0 Å². The summed E-state index contributed by atoms with van der Waals surface area (Å²) in [5, 5.41) is 12.5. The summed E-state index contributed by atoms with van der Waals surface area (Å²) in [6.07, 6.45) is 0. The van der Waals surface area contributed by atoms with Crippen LogP contribution in [0.5, 0.6) is 23.1 Å². The number of nitrogens with one attached hydrogen (secondary N) is 1. The van der Waals surface area contributed by atoms with E-state index in [9.17, 15) is 9.90 Å². The number of carbonyl (C=O) groups is 1. The minimum absolute atomic E-state index is 0.107. The lowest BCUT2D eigenvalue weighted by atomic mass is 10.2. The topological polar surface area (TPSA) is 80.7 Å². The number of amides is 1. The van der Waals surface area contributed by atoms with Crippen molar-refractivity contribution in [3.63, 3.8) is 0 Å². The molecule has 0 atom stereocenters. The molecule has 3 aromatic rings. The first-order valence-electron chi connectivity index (χ1n) is 7.54. The molecule has 0 saturated carbocycles. The molecule has 1 amide bonds. The maximum Gasteiger partial charge on any atom is 0.278 e. The predicted molar refractivity (Wildman–Crippen MR) is 93.4 cm³/mol. The van der Waals surface area contributed by atoms with Gasteiger partial charge in [-0.25, -0.2) is 4.98 Å². The van der Waals surface area contributed by atoms with Crippen LogP contribution in [0, 0.1) is 0 Å². The van der Waals surface area contributed by atoms with Crippen molar-refractivity contribution < 1.29 is 19.4 Å². The highest BCUT2D eigenvalue weighted by molar-refractivity contribution is 6.04. The number of aromatic hydroxyl groups is 1. The van der Waals surface area contributed by atoms with E-state index in [4.69, 9.17) is 9.47 Å². The molecule has 1 aromatic heterocycles. The highest BCUT2D eigenvalue weighted by atomic mass is 16.5. The Hall–Kier alpha value is -3.54. The lowest BCUT2D eigenvalue weighted by molar-refractivity contribution is 0.101. The number of methoxy groups -OCH3 is 1. The van der Waals surface area contributed by atoms with E-state index in [0.29, 0.717) is 11.4 Å². The summed E-state index contributed by atoms with van der Waals surface area (Å²) in [7, 11) is 1.44. The summed E-state index contributed by atoms with van der Waals surface area (Å²) < 4.78 is 10.7. The van der Waals surface area contributed by atoms with Gasteiger partial charge in [-0.1, -0.05) is 18.2 Å². The minimum atomic E-state index is -0.534. The number of carbonyl (C=O) groups excluding carboxylic acids is 1. The van der Waals surface area contributed by atoms with Crippen molar-refractivity contribution in [2.45, 2.75) is 0 Å². The number of ether oxygens (including phenoxy) is 2. The van der Waals surface area contributed by atoms with Gasteiger partial charge in [-0.2, -0.15) is 0 Å². The lowest BCUT2D eigenvalue weighted by Crippen LogP contribution is -2.14. The molecule has 0 aliphatic carbocycles. The quantitative estimate of drug-likeness (QED) is 0.740. The Bertz CT molecular complexity index is 864. The van der Waals surface area contributed by atoms with Gasteiger partial charge in [-0.15, -0.1) is 0 Å². The number of aromatic nitrogens is 1. The van der Waals surface area contributed by atoms with E-state index in [0.717, 1.165) is 5.75 Å². The molecule has 3 rings (SSSR count). The third-order valence-electron chi connectivity index (χ3n) is 3.36. The Morgan fingerprint density at radius 2 is 1.64 bits per heavy atom. The molecule has 0 aliphatic heterocycles. The van der Waals surface area contributed by atoms with Crippen LogP contribution in [0.2, 0.25) is 0 Å². The molecule has 25 heavy (non-hydrogen) atoms. The summed E-state index contributed by atoms with van der Waals surface area (Å²) in [5.41, 5.74) is 0.443. The lowest BCUT2D eigenvalue weighted by Gasteiger charge is -2.09. The number of rotatable bonds is 5. The van der Waals surface area contributed by atoms with Gasteiger partial charge in [0.1, 0.15) is 17.2 Å². The van der Waals surface area contributed by atoms with Gasteiger partial charge in [-0.3, -0.25) is 4.79 Å². The first-order valence-corrected chi connectivity index (χ1v) is 7.54. The molecule has 0 radical (unpaired) electrons. The zero-order valence-corrected chi connectivity index (χ0v) is 13.5. The standard InChI is InChI=1S/C19H16N2O4/c1-24-17-12-11-16(22)18(21-17)19(23)20-13-7-9-15(10-8-13)25-14-5-3-2-4-6-14/h2-12,22H,1H3,(H,20,23). The van der Waals surface area contributed by atoms with Crippen LogP contribution in [0.25, 0.3) is 0 Å². The van der Waals surface area contributed by atoms with Gasteiger partial charge < -0.3 is 19.9 Å². The van der Waals surface area contributed by atoms with Crippen LogP contribution in [0.1, 0.15) is 10.5 Å². The normalized spacial score (nSPS) is 10.1. The van der Waals surface area contributed by atoms with Crippen molar-refractivity contribution in [3.8, 4) is 23.1 Å². The molecule has 2 N–H and O–H groups in total. The largest absolute Gasteiger partial charge is 0.505 e. The highest BCUT2D eigenvalue weighted by Crippen LogP contribution is 2.24. The number of hydrogen-bond acceptors (Lipinski definition) is 5. The zero-order chi connectivity index (χ0) is 17.6. The van der Waals surface area contributed by atoms with Crippen LogP contribution in [0.15, 0.2) is 66.7 Å².